The molecule has 1 aliphatic rings. The van der Waals surface area contributed by atoms with E-state index in [1.165, 1.54) is 6.42 Å². The van der Waals surface area contributed by atoms with Gasteiger partial charge in [0.25, 0.3) is 0 Å². The Morgan fingerprint density at radius 2 is 2.14 bits per heavy atom. The molecule has 0 amide bonds. The molecule has 1 saturated heterocycles. The highest BCUT2D eigenvalue weighted by Crippen LogP contribution is 2.13. The van der Waals surface area contributed by atoms with Crippen LogP contribution in [0.3, 0.4) is 0 Å². The van der Waals surface area contributed by atoms with Crippen molar-refractivity contribution in [2.75, 3.05) is 26.2 Å². The average Bonchev–Trinajstić information content (AvgIpc) is 2.54. The van der Waals surface area contributed by atoms with Crippen LogP contribution in [0.2, 0.25) is 0 Å². The van der Waals surface area contributed by atoms with Crippen LogP contribution in [-0.4, -0.2) is 58.0 Å². The van der Waals surface area contributed by atoms with E-state index in [0.29, 0.717) is 11.7 Å². The minimum absolute atomic E-state index is 0.0730. The minimum Gasteiger partial charge on any atom is -0.409 e. The number of nitrogens with zero attached hydrogens (tertiary/aromatic N) is 4. The first kappa shape index (κ1) is 15.7. The maximum absolute atomic E-state index is 8.84. The summed E-state index contributed by atoms with van der Waals surface area (Å²) in [6.45, 7) is 9.56. The Morgan fingerprint density at radius 1 is 1.43 bits per heavy atom. The van der Waals surface area contributed by atoms with Gasteiger partial charge in [0.1, 0.15) is 5.69 Å². The lowest BCUT2D eigenvalue weighted by molar-refractivity contribution is 0.0962. The van der Waals surface area contributed by atoms with Crippen molar-refractivity contribution in [3.8, 4) is 0 Å². The molecule has 1 atom stereocenters. The highest BCUT2D eigenvalue weighted by Gasteiger charge is 2.21. The number of piperazine rings is 1. The minimum atomic E-state index is 0.0730. The van der Waals surface area contributed by atoms with E-state index in [-0.39, 0.29) is 5.84 Å². The van der Waals surface area contributed by atoms with Gasteiger partial charge in [-0.2, -0.15) is 0 Å². The van der Waals surface area contributed by atoms with E-state index in [9.17, 15) is 0 Å². The number of aromatic nitrogens is 1. The van der Waals surface area contributed by atoms with E-state index in [2.05, 4.69) is 33.8 Å². The van der Waals surface area contributed by atoms with Gasteiger partial charge in [-0.25, -0.2) is 0 Å². The summed E-state index contributed by atoms with van der Waals surface area (Å²) in [5.74, 6) is 0.0730. The van der Waals surface area contributed by atoms with E-state index in [0.717, 1.165) is 38.3 Å². The molecule has 1 unspecified atom stereocenters. The molecule has 6 nitrogen and oxygen atoms in total. The van der Waals surface area contributed by atoms with Gasteiger partial charge in [-0.05, 0) is 25.0 Å². The van der Waals surface area contributed by atoms with Gasteiger partial charge >= 0.3 is 0 Å². The molecule has 0 bridgehead atoms. The summed E-state index contributed by atoms with van der Waals surface area (Å²) in [5.41, 5.74) is 7.27. The molecule has 2 heterocycles. The number of oxime groups is 1. The number of amidine groups is 1. The maximum atomic E-state index is 8.84. The SMILES string of the molecule is CCC(C)N1CCN(Cc2cccnc2C(N)=NO)CC1. The zero-order chi connectivity index (χ0) is 15.2. The monoisotopic (exact) mass is 291 g/mol. The molecule has 1 aromatic rings. The molecule has 1 fully saturated rings. The Labute approximate surface area is 126 Å². The Balaban J connectivity index is 1.98. The van der Waals surface area contributed by atoms with Crippen molar-refractivity contribution < 1.29 is 5.21 Å². The zero-order valence-corrected chi connectivity index (χ0v) is 12.9. The predicted octanol–water partition coefficient (Wildman–Crippen LogP) is 1.09. The molecule has 116 valence electrons. The van der Waals surface area contributed by atoms with Gasteiger partial charge in [-0.1, -0.05) is 18.1 Å². The van der Waals surface area contributed by atoms with E-state index < -0.39 is 0 Å². The normalized spacial score (nSPS) is 19.6. The summed E-state index contributed by atoms with van der Waals surface area (Å²) in [5, 5.41) is 11.9. The van der Waals surface area contributed by atoms with Crippen LogP contribution in [0.25, 0.3) is 0 Å². The van der Waals surface area contributed by atoms with Gasteiger partial charge in [0.05, 0.1) is 0 Å². The first-order chi connectivity index (χ1) is 10.2. The second kappa shape index (κ2) is 7.38. The van der Waals surface area contributed by atoms with Crippen LogP contribution in [0.1, 0.15) is 31.5 Å². The van der Waals surface area contributed by atoms with E-state index >= 15 is 0 Å². The van der Waals surface area contributed by atoms with Crippen molar-refractivity contribution in [2.45, 2.75) is 32.9 Å². The third-order valence-electron chi connectivity index (χ3n) is 4.26. The molecular formula is C15H25N5O. The third-order valence-corrected chi connectivity index (χ3v) is 4.26. The van der Waals surface area contributed by atoms with Crippen LogP contribution in [0, 0.1) is 0 Å². The van der Waals surface area contributed by atoms with E-state index in [1.807, 2.05) is 12.1 Å². The molecule has 0 saturated carbocycles. The number of nitrogens with two attached hydrogens (primary N) is 1. The summed E-state index contributed by atoms with van der Waals surface area (Å²) in [6, 6.07) is 4.53. The average molecular weight is 291 g/mol. The quantitative estimate of drug-likeness (QED) is 0.367. The second-order valence-corrected chi connectivity index (χ2v) is 5.57. The van der Waals surface area contributed by atoms with Gasteiger partial charge < -0.3 is 10.9 Å². The molecule has 0 spiro atoms. The molecule has 3 N–H and O–H groups in total. The Hall–Kier alpha value is -1.66. The fraction of sp³-hybridized carbons (Fsp3) is 0.600. The molecule has 1 aromatic heterocycles. The largest absolute Gasteiger partial charge is 0.409 e. The molecule has 0 radical (unpaired) electrons. The van der Waals surface area contributed by atoms with Crippen molar-refractivity contribution in [1.82, 2.24) is 14.8 Å². The first-order valence-corrected chi connectivity index (χ1v) is 7.54. The number of pyridine rings is 1. The van der Waals surface area contributed by atoms with Crippen LogP contribution in [-0.2, 0) is 6.54 Å². The van der Waals surface area contributed by atoms with Crippen molar-refractivity contribution in [3.05, 3.63) is 29.6 Å². The highest BCUT2D eigenvalue weighted by molar-refractivity contribution is 5.96. The number of rotatable bonds is 5. The zero-order valence-electron chi connectivity index (χ0n) is 12.9. The van der Waals surface area contributed by atoms with E-state index in [4.69, 9.17) is 10.9 Å². The number of hydrogen-bond acceptors (Lipinski definition) is 5. The molecule has 0 aliphatic carbocycles. The van der Waals surface area contributed by atoms with Crippen LogP contribution in [0.4, 0.5) is 0 Å². The summed E-state index contributed by atoms with van der Waals surface area (Å²) >= 11 is 0. The van der Waals surface area contributed by atoms with Crippen LogP contribution < -0.4 is 5.73 Å². The fourth-order valence-electron chi connectivity index (χ4n) is 2.71. The van der Waals surface area contributed by atoms with Crippen molar-refractivity contribution in [3.63, 3.8) is 0 Å². The van der Waals surface area contributed by atoms with Gasteiger partial charge in [0, 0.05) is 45.0 Å². The van der Waals surface area contributed by atoms with Crippen LogP contribution in [0.5, 0.6) is 0 Å². The Kier molecular flexibility index (Phi) is 5.52. The van der Waals surface area contributed by atoms with Crippen molar-refractivity contribution in [2.24, 2.45) is 10.9 Å². The second-order valence-electron chi connectivity index (χ2n) is 5.57. The topological polar surface area (TPSA) is 78.0 Å². The Morgan fingerprint density at radius 3 is 2.76 bits per heavy atom. The van der Waals surface area contributed by atoms with Gasteiger partial charge in [-0.3, -0.25) is 14.8 Å². The van der Waals surface area contributed by atoms with Crippen molar-refractivity contribution in [1.29, 1.82) is 0 Å². The number of hydrogen-bond donors (Lipinski definition) is 2. The summed E-state index contributed by atoms with van der Waals surface area (Å²) in [6.07, 6.45) is 2.86. The third kappa shape index (κ3) is 3.92. The smallest absolute Gasteiger partial charge is 0.189 e. The van der Waals surface area contributed by atoms with Gasteiger partial charge in [0.2, 0.25) is 0 Å². The van der Waals surface area contributed by atoms with Gasteiger partial charge in [0.15, 0.2) is 5.84 Å². The lowest BCUT2D eigenvalue weighted by Gasteiger charge is -2.38. The Bertz CT molecular complexity index is 483. The van der Waals surface area contributed by atoms with Crippen LogP contribution >= 0.6 is 0 Å². The molecule has 6 heteroatoms. The molecule has 1 aliphatic heterocycles. The predicted molar refractivity (Wildman–Crippen MR) is 83.4 cm³/mol. The molecule has 21 heavy (non-hydrogen) atoms. The molecule has 2 rings (SSSR count). The molecular weight excluding hydrogens is 266 g/mol. The summed E-state index contributed by atoms with van der Waals surface area (Å²) in [7, 11) is 0. The standard InChI is InChI=1S/C15H25N5O/c1-3-12(2)20-9-7-19(8-10-20)11-13-5-4-6-17-14(13)15(16)18-21/h4-6,12,21H,3,7-11H2,1-2H3,(H2,16,18). The molecule has 0 aromatic carbocycles. The van der Waals surface area contributed by atoms with Crippen molar-refractivity contribution >= 4 is 5.84 Å². The van der Waals surface area contributed by atoms with Crippen LogP contribution in [0.15, 0.2) is 23.5 Å². The highest BCUT2D eigenvalue weighted by atomic mass is 16.4. The summed E-state index contributed by atoms with van der Waals surface area (Å²) in [4.78, 5) is 9.14. The lowest BCUT2D eigenvalue weighted by atomic mass is 10.1. The summed E-state index contributed by atoms with van der Waals surface area (Å²) < 4.78 is 0. The van der Waals surface area contributed by atoms with Gasteiger partial charge in [-0.15, -0.1) is 0 Å². The first-order valence-electron chi connectivity index (χ1n) is 7.54. The van der Waals surface area contributed by atoms with E-state index in [1.54, 1.807) is 6.20 Å². The maximum Gasteiger partial charge on any atom is 0.189 e. The fourth-order valence-corrected chi connectivity index (χ4v) is 2.71. The lowest BCUT2D eigenvalue weighted by Crippen LogP contribution is -2.49.